The molecule has 0 saturated heterocycles. The number of sulfonamides is 1. The molecule has 13 nitrogen and oxygen atoms in total. The number of nitrogens with zero attached hydrogens (tertiary/aromatic N) is 1. The zero-order valence-electron chi connectivity index (χ0n) is 31.2. The van der Waals surface area contributed by atoms with E-state index in [0.29, 0.717) is 23.3 Å². The van der Waals surface area contributed by atoms with E-state index in [2.05, 4.69) is 20.5 Å². The van der Waals surface area contributed by atoms with Crippen LogP contribution in [0.2, 0.25) is 0 Å². The van der Waals surface area contributed by atoms with Crippen molar-refractivity contribution in [3.63, 3.8) is 0 Å². The van der Waals surface area contributed by atoms with E-state index >= 15 is 0 Å². The van der Waals surface area contributed by atoms with E-state index in [-0.39, 0.29) is 43.1 Å². The Morgan fingerprint density at radius 3 is 2.37 bits per heavy atom. The van der Waals surface area contributed by atoms with E-state index in [0.717, 1.165) is 27.5 Å². The molecule has 0 radical (unpaired) electrons. The van der Waals surface area contributed by atoms with Gasteiger partial charge < -0.3 is 20.9 Å². The van der Waals surface area contributed by atoms with E-state index < -0.39 is 51.0 Å². The van der Waals surface area contributed by atoms with Gasteiger partial charge in [-0.3, -0.25) is 19.4 Å². The van der Waals surface area contributed by atoms with Gasteiger partial charge in [0.25, 0.3) is 10.0 Å². The molecule has 0 fully saturated rings. The number of amides is 2. The highest BCUT2D eigenvalue weighted by atomic mass is 32.2. The van der Waals surface area contributed by atoms with Crippen LogP contribution in [0.1, 0.15) is 81.7 Å². The Labute approximate surface area is 305 Å². The molecule has 1 heterocycles. The number of benzene rings is 3. The lowest BCUT2D eigenvalue weighted by Crippen LogP contribution is -2.45. The molecule has 1 aliphatic rings. The summed E-state index contributed by atoms with van der Waals surface area (Å²) in [5.74, 6) is -2.93. The number of rotatable bonds is 14. The molecule has 0 aliphatic carbocycles. The van der Waals surface area contributed by atoms with Crippen molar-refractivity contribution < 1.29 is 37.5 Å². The maximum Gasteiger partial charge on any atom is 0.326 e. The fourth-order valence-electron chi connectivity index (χ4n) is 6.29. The van der Waals surface area contributed by atoms with Crippen LogP contribution in [-0.2, 0) is 42.1 Å². The van der Waals surface area contributed by atoms with E-state index in [9.17, 15) is 27.9 Å². The molecule has 3 aromatic rings. The van der Waals surface area contributed by atoms with Crippen LogP contribution in [0.3, 0.4) is 0 Å². The highest BCUT2D eigenvalue weighted by Gasteiger charge is 2.37. The summed E-state index contributed by atoms with van der Waals surface area (Å²) in [4.78, 5) is 48.2. The van der Waals surface area contributed by atoms with E-state index in [1.807, 2.05) is 63.2 Å². The van der Waals surface area contributed by atoms with Crippen molar-refractivity contribution in [3.05, 3.63) is 70.3 Å². The second-order valence-corrected chi connectivity index (χ2v) is 16.6. The van der Waals surface area contributed by atoms with Crippen LogP contribution < -0.4 is 26.0 Å². The van der Waals surface area contributed by atoms with Gasteiger partial charge in [-0.2, -0.15) is 0 Å². The molecular weight excluding hydrogens is 687 g/mol. The molecule has 0 spiro atoms. The molecule has 52 heavy (non-hydrogen) atoms. The number of aliphatic carboxylic acids is 1. The minimum Gasteiger partial charge on any atom is -0.487 e. The van der Waals surface area contributed by atoms with Gasteiger partial charge in [0.05, 0.1) is 16.4 Å². The van der Waals surface area contributed by atoms with Gasteiger partial charge in [0, 0.05) is 24.9 Å². The highest BCUT2D eigenvalue weighted by Crippen LogP contribution is 2.43. The van der Waals surface area contributed by atoms with Crippen LogP contribution >= 0.6 is 0 Å². The first-order valence-electron chi connectivity index (χ1n) is 17.3. The average molecular weight is 738 g/mol. The molecule has 14 heteroatoms. The van der Waals surface area contributed by atoms with Crippen LogP contribution in [-0.4, -0.2) is 61.1 Å². The molecule has 6 N–H and O–H groups in total. The monoisotopic (exact) mass is 737 g/mol. The first-order chi connectivity index (χ1) is 24.2. The Bertz CT molecular complexity index is 1980. The lowest BCUT2D eigenvalue weighted by Gasteiger charge is -2.22. The molecule has 0 aromatic heterocycles. The Kier molecular flexibility index (Phi) is 12.3. The summed E-state index contributed by atoms with van der Waals surface area (Å²) in [6, 6.07) is 12.2. The molecule has 1 aliphatic heterocycles. The third-order valence-corrected chi connectivity index (χ3v) is 10.5. The standard InChI is InChI=1S/C38H51N5O8S/c1-22-23(2)33(24(3)29-21-38(7,8)50-32(22)29)52(48,49)43-36(39)40-17-11-14-30(35(46)47)41-34(45)28(20-31(44)42-51-37(4,5)6)19-25-15-16-26-12-9-10-13-27(26)18-25/h9-10,12-13,15-16,18,28,30H,11,14,17,19-21H2,1-8H3,(H,41,45)(H,42,44)(H,46,47)(H3,39,40,43). The smallest absolute Gasteiger partial charge is 0.326 e. The number of fused-ring (bicyclic) bond motifs is 2. The first kappa shape index (κ1) is 40.1. The number of ether oxygens (including phenoxy) is 1. The minimum atomic E-state index is -4.11. The van der Waals surface area contributed by atoms with Gasteiger partial charge in [-0.15, -0.1) is 0 Å². The van der Waals surface area contributed by atoms with Crippen molar-refractivity contribution in [2.45, 2.75) is 110 Å². The summed E-state index contributed by atoms with van der Waals surface area (Å²) in [6.07, 6.45) is 0.642. The fraction of sp³-hybridized carbons (Fsp3) is 0.474. The van der Waals surface area contributed by atoms with Crippen LogP contribution in [0.4, 0.5) is 0 Å². The number of nitrogens with one attached hydrogen (secondary N) is 3. The topological polar surface area (TPSA) is 199 Å². The molecule has 0 bridgehead atoms. The molecule has 2 amide bonds. The van der Waals surface area contributed by atoms with Crippen molar-refractivity contribution in [1.82, 2.24) is 15.5 Å². The Hall–Kier alpha value is -4.69. The number of carboxylic acid groups (broad SMARTS) is 1. The molecule has 0 saturated carbocycles. The maximum absolute atomic E-state index is 13.6. The fourth-order valence-corrected chi connectivity index (χ4v) is 7.82. The third-order valence-electron chi connectivity index (χ3n) is 8.92. The third kappa shape index (κ3) is 10.2. The van der Waals surface area contributed by atoms with Crippen molar-refractivity contribution in [2.75, 3.05) is 6.54 Å². The summed E-state index contributed by atoms with van der Waals surface area (Å²) < 4.78 is 35.4. The minimum absolute atomic E-state index is 0.00964. The van der Waals surface area contributed by atoms with Gasteiger partial charge in [-0.1, -0.05) is 42.5 Å². The average Bonchev–Trinajstić information content (AvgIpc) is 3.38. The Morgan fingerprint density at radius 1 is 1.04 bits per heavy atom. The zero-order valence-corrected chi connectivity index (χ0v) is 32.0. The van der Waals surface area contributed by atoms with Crippen molar-refractivity contribution in [3.8, 4) is 5.75 Å². The van der Waals surface area contributed by atoms with Crippen molar-refractivity contribution in [2.24, 2.45) is 16.6 Å². The van der Waals surface area contributed by atoms with Gasteiger partial charge in [-0.25, -0.2) is 23.4 Å². The summed E-state index contributed by atoms with van der Waals surface area (Å²) in [6.45, 7) is 14.5. The maximum atomic E-state index is 13.6. The SMILES string of the molecule is Cc1c(C)c(S(=O)(=O)NC(N)=NCCCC(NC(=O)C(CC(=O)NOC(C)(C)C)Cc2ccc3ccccc3c2)C(=O)O)c(C)c2c1OC(C)(C)C2. The number of hydroxylamine groups is 1. The van der Waals surface area contributed by atoms with Crippen molar-refractivity contribution in [1.29, 1.82) is 0 Å². The van der Waals surface area contributed by atoms with Gasteiger partial charge in [0.2, 0.25) is 17.8 Å². The molecule has 2 unspecified atom stereocenters. The Balaban J connectivity index is 1.41. The van der Waals surface area contributed by atoms with Crippen LogP contribution in [0.5, 0.6) is 5.75 Å². The van der Waals surface area contributed by atoms with E-state index in [1.54, 1.807) is 34.6 Å². The summed E-state index contributed by atoms with van der Waals surface area (Å²) in [7, 11) is -4.11. The normalized spacial score (nSPS) is 15.3. The highest BCUT2D eigenvalue weighted by molar-refractivity contribution is 7.90. The molecular formula is C38H51N5O8S. The number of hydrogen-bond acceptors (Lipinski definition) is 8. The quantitative estimate of drug-likeness (QED) is 0.0684. The number of carboxylic acids is 1. The summed E-state index contributed by atoms with van der Waals surface area (Å²) >= 11 is 0. The molecule has 282 valence electrons. The lowest BCUT2D eigenvalue weighted by molar-refractivity contribution is -0.148. The number of hydrogen-bond donors (Lipinski definition) is 5. The molecule has 2 atom stereocenters. The predicted molar refractivity (Wildman–Crippen MR) is 199 cm³/mol. The number of guanidine groups is 1. The number of carbonyl (C=O) groups excluding carboxylic acids is 2. The second kappa shape index (κ2) is 15.9. The number of aliphatic imine (C=N–C) groups is 1. The van der Waals surface area contributed by atoms with E-state index in [4.69, 9.17) is 15.3 Å². The van der Waals surface area contributed by atoms with Gasteiger partial charge >= 0.3 is 5.97 Å². The van der Waals surface area contributed by atoms with E-state index in [1.165, 1.54) is 0 Å². The van der Waals surface area contributed by atoms with Crippen LogP contribution in [0.15, 0.2) is 52.4 Å². The van der Waals surface area contributed by atoms with Crippen LogP contribution in [0.25, 0.3) is 10.8 Å². The molecule has 3 aromatic carbocycles. The lowest BCUT2D eigenvalue weighted by atomic mass is 9.93. The second-order valence-electron chi connectivity index (χ2n) is 15.0. The van der Waals surface area contributed by atoms with Gasteiger partial charge in [-0.05, 0) is 108 Å². The Morgan fingerprint density at radius 2 is 1.71 bits per heavy atom. The van der Waals surface area contributed by atoms with Gasteiger partial charge in [0.1, 0.15) is 17.4 Å². The number of carbonyl (C=O) groups is 3. The summed E-state index contributed by atoms with van der Waals surface area (Å²) in [5, 5.41) is 14.5. The molecule has 4 rings (SSSR count). The van der Waals surface area contributed by atoms with Crippen molar-refractivity contribution >= 4 is 44.5 Å². The largest absolute Gasteiger partial charge is 0.487 e. The number of nitrogens with two attached hydrogens (primary N) is 1. The van der Waals surface area contributed by atoms with Gasteiger partial charge in [0.15, 0.2) is 0 Å². The zero-order chi connectivity index (χ0) is 38.6. The summed E-state index contributed by atoms with van der Waals surface area (Å²) in [5.41, 5.74) is 10.8. The predicted octanol–water partition coefficient (Wildman–Crippen LogP) is 4.52. The van der Waals surface area contributed by atoms with Crippen LogP contribution in [0, 0.1) is 26.7 Å². The first-order valence-corrected chi connectivity index (χ1v) is 18.8.